The molecule has 25 heavy (non-hydrogen) atoms. The molecule has 0 saturated heterocycles. The summed E-state index contributed by atoms with van der Waals surface area (Å²) in [6.45, 7) is 0.203. The second-order valence-electron chi connectivity index (χ2n) is 5.60. The third-order valence-electron chi connectivity index (χ3n) is 3.86. The summed E-state index contributed by atoms with van der Waals surface area (Å²) in [5.74, 6) is -1.47. The molecule has 0 fully saturated rings. The minimum absolute atomic E-state index is 0.0715. The molecule has 0 unspecified atom stereocenters. The predicted octanol–water partition coefficient (Wildman–Crippen LogP) is 3.63. The number of aromatic amines is 1. The van der Waals surface area contributed by atoms with Crippen LogP contribution in [0.5, 0.6) is 0 Å². The molecule has 0 spiro atoms. The van der Waals surface area contributed by atoms with Gasteiger partial charge >= 0.3 is 6.03 Å². The van der Waals surface area contributed by atoms with Crippen molar-refractivity contribution in [2.45, 2.75) is 13.0 Å². The van der Waals surface area contributed by atoms with Crippen molar-refractivity contribution in [3.8, 4) is 0 Å². The van der Waals surface area contributed by atoms with Crippen molar-refractivity contribution in [1.82, 2.24) is 15.6 Å². The summed E-state index contributed by atoms with van der Waals surface area (Å²) in [5, 5.41) is 5.87. The molecule has 7 heteroatoms. The first-order valence-corrected chi connectivity index (χ1v) is 7.74. The van der Waals surface area contributed by atoms with Gasteiger partial charge < -0.3 is 15.6 Å². The summed E-state index contributed by atoms with van der Waals surface area (Å²) in [6.07, 6.45) is 2.27. The molecule has 0 bridgehead atoms. The Balaban J connectivity index is 1.50. The lowest BCUT2D eigenvalue weighted by Crippen LogP contribution is -2.36. The van der Waals surface area contributed by atoms with E-state index in [1.165, 1.54) is 12.1 Å². The zero-order chi connectivity index (χ0) is 17.8. The lowest BCUT2D eigenvalue weighted by Gasteiger charge is -2.08. The molecule has 3 aromatic rings. The van der Waals surface area contributed by atoms with Gasteiger partial charge in [-0.1, -0.05) is 0 Å². The monoisotopic (exact) mass is 347 g/mol. The molecule has 3 rings (SSSR count). The van der Waals surface area contributed by atoms with Crippen molar-refractivity contribution in [2.75, 3.05) is 6.54 Å². The Kier molecular flexibility index (Phi) is 4.92. The largest absolute Gasteiger partial charge is 0.361 e. The first-order valence-electron chi connectivity index (χ1n) is 7.74. The van der Waals surface area contributed by atoms with Crippen LogP contribution in [0, 0.1) is 17.5 Å². The van der Waals surface area contributed by atoms with E-state index in [0.717, 1.165) is 34.7 Å². The molecular weight excluding hydrogens is 331 g/mol. The quantitative estimate of drug-likeness (QED) is 0.649. The van der Waals surface area contributed by atoms with Crippen LogP contribution in [-0.4, -0.2) is 17.6 Å². The molecule has 4 nitrogen and oxygen atoms in total. The SMILES string of the molecule is O=C(NCCc1c[nH]c2ccc(F)cc12)NCc1cc(F)ccc1F. The Bertz CT molecular complexity index is 908. The Morgan fingerprint density at radius 2 is 1.72 bits per heavy atom. The van der Waals surface area contributed by atoms with E-state index in [4.69, 9.17) is 0 Å². The fourth-order valence-corrected chi connectivity index (χ4v) is 2.58. The smallest absolute Gasteiger partial charge is 0.315 e. The first-order chi connectivity index (χ1) is 12.0. The minimum Gasteiger partial charge on any atom is -0.361 e. The highest BCUT2D eigenvalue weighted by Gasteiger charge is 2.08. The van der Waals surface area contributed by atoms with Crippen LogP contribution in [0.4, 0.5) is 18.0 Å². The highest BCUT2D eigenvalue weighted by molar-refractivity contribution is 5.83. The first kappa shape index (κ1) is 16.9. The van der Waals surface area contributed by atoms with Crippen molar-refractivity contribution in [1.29, 1.82) is 0 Å². The van der Waals surface area contributed by atoms with E-state index < -0.39 is 17.7 Å². The van der Waals surface area contributed by atoms with Gasteiger partial charge in [0.25, 0.3) is 0 Å². The van der Waals surface area contributed by atoms with Gasteiger partial charge in [0.2, 0.25) is 0 Å². The Labute approximate surface area is 142 Å². The summed E-state index contributed by atoms with van der Waals surface area (Å²) in [4.78, 5) is 14.8. The van der Waals surface area contributed by atoms with Crippen LogP contribution >= 0.6 is 0 Å². The van der Waals surface area contributed by atoms with Gasteiger partial charge in [-0.3, -0.25) is 0 Å². The van der Waals surface area contributed by atoms with Crippen LogP contribution in [-0.2, 0) is 13.0 Å². The van der Waals surface area contributed by atoms with Gasteiger partial charge in [0.1, 0.15) is 17.5 Å². The van der Waals surface area contributed by atoms with Gasteiger partial charge in [-0.05, 0) is 48.4 Å². The number of halogens is 3. The predicted molar refractivity (Wildman–Crippen MR) is 88.6 cm³/mol. The Morgan fingerprint density at radius 3 is 2.56 bits per heavy atom. The molecule has 0 saturated carbocycles. The van der Waals surface area contributed by atoms with Crippen LogP contribution < -0.4 is 10.6 Å². The summed E-state index contributed by atoms with van der Waals surface area (Å²) in [7, 11) is 0. The van der Waals surface area contributed by atoms with Crippen molar-refractivity contribution in [3.05, 3.63) is 71.2 Å². The van der Waals surface area contributed by atoms with Gasteiger partial charge in [0, 0.05) is 35.8 Å². The lowest BCUT2D eigenvalue weighted by molar-refractivity contribution is 0.240. The Hall–Kier alpha value is -2.96. The van der Waals surface area contributed by atoms with Crippen LogP contribution in [0.3, 0.4) is 0 Å². The normalized spacial score (nSPS) is 10.8. The highest BCUT2D eigenvalue weighted by atomic mass is 19.1. The molecule has 0 aliphatic rings. The maximum absolute atomic E-state index is 13.5. The molecule has 0 radical (unpaired) electrons. The topological polar surface area (TPSA) is 56.9 Å². The van der Waals surface area contributed by atoms with Crippen molar-refractivity contribution < 1.29 is 18.0 Å². The average Bonchev–Trinajstić information content (AvgIpc) is 2.98. The number of carbonyl (C=O) groups is 1. The number of amides is 2. The molecule has 130 valence electrons. The highest BCUT2D eigenvalue weighted by Crippen LogP contribution is 2.19. The molecule has 0 aliphatic carbocycles. The molecule has 1 aromatic heterocycles. The van der Waals surface area contributed by atoms with E-state index in [1.54, 1.807) is 12.3 Å². The number of carbonyl (C=O) groups excluding carboxylic acids is 1. The van der Waals surface area contributed by atoms with E-state index >= 15 is 0 Å². The molecule has 1 heterocycles. The van der Waals surface area contributed by atoms with Gasteiger partial charge in [-0.25, -0.2) is 18.0 Å². The van der Waals surface area contributed by atoms with Crippen molar-refractivity contribution in [3.63, 3.8) is 0 Å². The van der Waals surface area contributed by atoms with E-state index in [-0.39, 0.29) is 17.9 Å². The van der Waals surface area contributed by atoms with Crippen molar-refractivity contribution in [2.24, 2.45) is 0 Å². The molecule has 0 atom stereocenters. The molecule has 2 aromatic carbocycles. The number of aromatic nitrogens is 1. The number of hydrogen-bond acceptors (Lipinski definition) is 1. The Morgan fingerprint density at radius 1 is 0.960 bits per heavy atom. The van der Waals surface area contributed by atoms with Crippen LogP contribution in [0.2, 0.25) is 0 Å². The van der Waals surface area contributed by atoms with Gasteiger partial charge in [0.15, 0.2) is 0 Å². The fraction of sp³-hybridized carbons (Fsp3) is 0.167. The van der Waals surface area contributed by atoms with Crippen LogP contribution in [0.15, 0.2) is 42.6 Å². The number of nitrogens with one attached hydrogen (secondary N) is 3. The summed E-state index contributed by atoms with van der Waals surface area (Å²) >= 11 is 0. The number of benzene rings is 2. The summed E-state index contributed by atoms with van der Waals surface area (Å²) < 4.78 is 39.8. The van der Waals surface area contributed by atoms with E-state index in [9.17, 15) is 18.0 Å². The molecule has 3 N–H and O–H groups in total. The number of fused-ring (bicyclic) bond motifs is 1. The maximum Gasteiger partial charge on any atom is 0.315 e. The minimum atomic E-state index is -0.581. The third kappa shape index (κ3) is 4.12. The number of rotatable bonds is 5. The van der Waals surface area contributed by atoms with Crippen LogP contribution in [0.1, 0.15) is 11.1 Å². The van der Waals surface area contributed by atoms with E-state index in [1.807, 2.05) is 0 Å². The number of H-pyrrole nitrogens is 1. The van der Waals surface area contributed by atoms with Crippen LogP contribution in [0.25, 0.3) is 10.9 Å². The zero-order valence-corrected chi connectivity index (χ0v) is 13.2. The lowest BCUT2D eigenvalue weighted by atomic mass is 10.1. The number of hydrogen-bond donors (Lipinski definition) is 3. The van der Waals surface area contributed by atoms with E-state index in [0.29, 0.717) is 13.0 Å². The summed E-state index contributed by atoms with van der Waals surface area (Å²) in [5.41, 5.74) is 1.77. The van der Waals surface area contributed by atoms with Crippen molar-refractivity contribution >= 4 is 16.9 Å². The van der Waals surface area contributed by atoms with Gasteiger partial charge in [-0.15, -0.1) is 0 Å². The molecule has 2 amide bonds. The average molecular weight is 347 g/mol. The zero-order valence-electron chi connectivity index (χ0n) is 13.2. The van der Waals surface area contributed by atoms with E-state index in [2.05, 4.69) is 15.6 Å². The maximum atomic E-state index is 13.5. The second-order valence-corrected chi connectivity index (χ2v) is 5.60. The van der Waals surface area contributed by atoms with Gasteiger partial charge in [-0.2, -0.15) is 0 Å². The summed E-state index contributed by atoms with van der Waals surface area (Å²) in [6, 6.07) is 7.05. The molecular formula is C18H16F3N3O. The molecule has 0 aliphatic heterocycles. The second kappa shape index (κ2) is 7.29. The third-order valence-corrected chi connectivity index (χ3v) is 3.86. The van der Waals surface area contributed by atoms with Gasteiger partial charge in [0.05, 0.1) is 0 Å². The fourth-order valence-electron chi connectivity index (χ4n) is 2.58. The number of urea groups is 1. The standard InChI is InChI=1S/C18H16F3N3O/c19-13-1-3-16(21)12(7-13)10-24-18(25)22-6-5-11-9-23-17-4-2-14(20)8-15(11)17/h1-4,7-9,23H,5-6,10H2,(H2,22,24,25).